The summed E-state index contributed by atoms with van der Waals surface area (Å²) in [6.07, 6.45) is 0. The van der Waals surface area contributed by atoms with Crippen LogP contribution in [0, 0.1) is 6.92 Å². The van der Waals surface area contributed by atoms with Crippen LogP contribution < -0.4 is 15.8 Å². The quantitative estimate of drug-likeness (QED) is 0.513. The van der Waals surface area contributed by atoms with Crippen LogP contribution in [0.25, 0.3) is 33.5 Å². The number of hydrogen-bond acceptors (Lipinski definition) is 6. The first-order chi connectivity index (χ1) is 14.2. The molecule has 5 rings (SSSR count). The Morgan fingerprint density at radius 3 is 2.55 bits per heavy atom. The van der Waals surface area contributed by atoms with Crippen molar-refractivity contribution in [3.05, 3.63) is 58.4 Å². The predicted octanol–water partition coefficient (Wildman–Crippen LogP) is 4.35. The highest BCUT2D eigenvalue weighted by molar-refractivity contribution is 5.85. The van der Waals surface area contributed by atoms with E-state index in [0.717, 1.165) is 48.3 Å². The highest BCUT2D eigenvalue weighted by Gasteiger charge is 2.17. The molecule has 1 aliphatic rings. The van der Waals surface area contributed by atoms with Crippen molar-refractivity contribution in [2.24, 2.45) is 0 Å². The van der Waals surface area contributed by atoms with Crippen molar-refractivity contribution in [3.8, 4) is 11.5 Å². The van der Waals surface area contributed by atoms with E-state index in [1.165, 1.54) is 0 Å². The lowest BCUT2D eigenvalue weighted by atomic mass is 10.1. The monoisotopic (exact) mass is 391 g/mol. The van der Waals surface area contributed by atoms with Crippen LogP contribution in [0.1, 0.15) is 19.4 Å². The number of oxazole rings is 1. The van der Waals surface area contributed by atoms with Crippen molar-refractivity contribution < 1.29 is 8.83 Å². The number of para-hydroxylation sites is 1. The lowest BCUT2D eigenvalue weighted by Crippen LogP contribution is -2.43. The summed E-state index contributed by atoms with van der Waals surface area (Å²) in [5.74, 6) is 0.293. The molecule has 0 atom stereocenters. The zero-order valence-electron chi connectivity index (χ0n) is 17.0. The summed E-state index contributed by atoms with van der Waals surface area (Å²) >= 11 is 0. The van der Waals surface area contributed by atoms with Gasteiger partial charge in [0.25, 0.3) is 0 Å². The number of fused-ring (bicyclic) bond motifs is 2. The van der Waals surface area contributed by atoms with Gasteiger partial charge in [-0.15, -0.1) is 0 Å². The van der Waals surface area contributed by atoms with Crippen LogP contribution in [0.5, 0.6) is 0 Å². The number of piperazine rings is 1. The van der Waals surface area contributed by atoms with Crippen molar-refractivity contribution in [3.63, 3.8) is 0 Å². The van der Waals surface area contributed by atoms with E-state index >= 15 is 0 Å². The Kier molecular flexibility index (Phi) is 5.36. The summed E-state index contributed by atoms with van der Waals surface area (Å²) in [5.41, 5.74) is 3.98. The van der Waals surface area contributed by atoms with Gasteiger partial charge in [0, 0.05) is 43.3 Å². The van der Waals surface area contributed by atoms with Crippen LogP contribution in [-0.4, -0.2) is 31.2 Å². The lowest BCUT2D eigenvalue weighted by molar-refractivity contribution is 0.552. The molecule has 2 aromatic carbocycles. The minimum absolute atomic E-state index is 0.293. The molecule has 3 heterocycles. The third-order valence-corrected chi connectivity index (χ3v) is 5.05. The highest BCUT2D eigenvalue weighted by Crippen LogP contribution is 2.28. The van der Waals surface area contributed by atoms with Crippen LogP contribution in [0.15, 0.2) is 56.1 Å². The number of rotatable bonds is 2. The van der Waals surface area contributed by atoms with Crippen LogP contribution in [0.3, 0.4) is 0 Å². The van der Waals surface area contributed by atoms with Crippen LogP contribution in [0.4, 0.5) is 5.69 Å². The highest BCUT2D eigenvalue weighted by atomic mass is 16.4. The van der Waals surface area contributed by atoms with Gasteiger partial charge in [-0.3, -0.25) is 0 Å². The summed E-state index contributed by atoms with van der Waals surface area (Å²) in [6, 6.07) is 13.5. The van der Waals surface area contributed by atoms with E-state index < -0.39 is 5.63 Å². The summed E-state index contributed by atoms with van der Waals surface area (Å²) in [5, 5.41) is 4.19. The smallest absolute Gasteiger partial charge is 0.349 e. The molecule has 0 saturated carbocycles. The third-order valence-electron chi connectivity index (χ3n) is 5.05. The topological polar surface area (TPSA) is 71.5 Å². The zero-order valence-corrected chi connectivity index (χ0v) is 17.0. The van der Waals surface area contributed by atoms with Gasteiger partial charge in [0.15, 0.2) is 5.58 Å². The Labute approximate surface area is 169 Å². The Morgan fingerprint density at radius 1 is 1.00 bits per heavy atom. The first kappa shape index (κ1) is 19.2. The molecule has 2 aromatic heterocycles. The maximum absolute atomic E-state index is 12.6. The van der Waals surface area contributed by atoms with Gasteiger partial charge in [0.1, 0.15) is 16.7 Å². The Morgan fingerprint density at radius 2 is 1.79 bits per heavy atom. The molecule has 1 aliphatic heterocycles. The minimum Gasteiger partial charge on any atom is -0.436 e. The van der Waals surface area contributed by atoms with Crippen molar-refractivity contribution >= 4 is 27.8 Å². The lowest BCUT2D eigenvalue weighted by Gasteiger charge is -2.29. The van der Waals surface area contributed by atoms with E-state index in [9.17, 15) is 4.79 Å². The van der Waals surface area contributed by atoms with E-state index in [1.807, 2.05) is 51.1 Å². The van der Waals surface area contributed by atoms with Gasteiger partial charge in [0.05, 0.1) is 0 Å². The molecular weight excluding hydrogens is 366 g/mol. The molecule has 6 nitrogen and oxygen atoms in total. The number of nitrogens with zero attached hydrogens (tertiary/aromatic N) is 2. The van der Waals surface area contributed by atoms with Crippen molar-refractivity contribution in [1.82, 2.24) is 10.3 Å². The Bertz CT molecular complexity index is 1200. The maximum Gasteiger partial charge on any atom is 0.349 e. The summed E-state index contributed by atoms with van der Waals surface area (Å²) in [4.78, 5) is 19.4. The van der Waals surface area contributed by atoms with E-state index in [1.54, 1.807) is 6.07 Å². The largest absolute Gasteiger partial charge is 0.436 e. The molecule has 1 N–H and O–H groups in total. The van der Waals surface area contributed by atoms with E-state index in [0.29, 0.717) is 22.6 Å². The van der Waals surface area contributed by atoms with Gasteiger partial charge in [-0.05, 0) is 36.8 Å². The molecule has 29 heavy (non-hydrogen) atoms. The second-order valence-corrected chi connectivity index (χ2v) is 6.85. The van der Waals surface area contributed by atoms with E-state index in [-0.39, 0.29) is 0 Å². The van der Waals surface area contributed by atoms with Gasteiger partial charge in [-0.1, -0.05) is 26.0 Å². The standard InChI is InChI=1S/C21H19N3O3.C2H6/c1-13-3-2-4-17-19(13)23-20(26-17)16-11-14-5-6-15(12-18(14)27-21(16)25)24-9-7-22-8-10-24;1-2/h2-6,11-12,22H,7-10H2,1H3;1-2H3. The first-order valence-corrected chi connectivity index (χ1v) is 10.1. The number of aromatic nitrogens is 1. The molecule has 6 heteroatoms. The first-order valence-electron chi connectivity index (χ1n) is 10.1. The molecule has 0 bridgehead atoms. The molecule has 150 valence electrons. The van der Waals surface area contributed by atoms with Gasteiger partial charge < -0.3 is 19.1 Å². The van der Waals surface area contributed by atoms with E-state index in [2.05, 4.69) is 21.3 Å². The molecule has 0 unspecified atom stereocenters. The predicted molar refractivity (Wildman–Crippen MR) is 117 cm³/mol. The van der Waals surface area contributed by atoms with Crippen molar-refractivity contribution in [2.75, 3.05) is 31.1 Å². The number of nitrogens with one attached hydrogen (secondary N) is 1. The summed E-state index contributed by atoms with van der Waals surface area (Å²) < 4.78 is 11.4. The van der Waals surface area contributed by atoms with Crippen LogP contribution >= 0.6 is 0 Å². The molecule has 0 spiro atoms. The Hall–Kier alpha value is -3.12. The Balaban J connectivity index is 0.000000994. The fourth-order valence-corrected chi connectivity index (χ4v) is 3.57. The summed E-state index contributed by atoms with van der Waals surface area (Å²) in [7, 11) is 0. The van der Waals surface area contributed by atoms with Gasteiger partial charge in [-0.2, -0.15) is 0 Å². The SMILES string of the molecule is CC.Cc1cccc2oc(-c3cc4ccc(N5CCNCC5)cc4oc3=O)nc12. The van der Waals surface area contributed by atoms with Crippen LogP contribution in [0.2, 0.25) is 0 Å². The molecule has 0 aliphatic carbocycles. The normalized spacial score (nSPS) is 14.1. The van der Waals surface area contributed by atoms with Crippen molar-refractivity contribution in [1.29, 1.82) is 0 Å². The van der Waals surface area contributed by atoms with Gasteiger partial charge in [-0.25, -0.2) is 9.78 Å². The number of anilines is 1. The fourth-order valence-electron chi connectivity index (χ4n) is 3.57. The average Bonchev–Trinajstić information content (AvgIpc) is 3.20. The molecule has 0 amide bonds. The second kappa shape index (κ2) is 8.09. The van der Waals surface area contributed by atoms with Crippen LogP contribution in [-0.2, 0) is 0 Å². The zero-order chi connectivity index (χ0) is 20.4. The maximum atomic E-state index is 12.6. The van der Waals surface area contributed by atoms with E-state index in [4.69, 9.17) is 8.83 Å². The molecule has 1 saturated heterocycles. The molecular formula is C23H25N3O3. The number of aryl methyl sites for hydroxylation is 1. The fraction of sp³-hybridized carbons (Fsp3) is 0.304. The summed E-state index contributed by atoms with van der Waals surface area (Å²) in [6.45, 7) is 9.76. The van der Waals surface area contributed by atoms with Gasteiger partial charge in [0.2, 0.25) is 5.89 Å². The molecule has 1 fully saturated rings. The van der Waals surface area contributed by atoms with Crippen molar-refractivity contribution in [2.45, 2.75) is 20.8 Å². The second-order valence-electron chi connectivity index (χ2n) is 6.85. The number of hydrogen-bond donors (Lipinski definition) is 1. The third kappa shape index (κ3) is 3.63. The average molecular weight is 391 g/mol. The molecule has 0 radical (unpaired) electrons. The molecule has 4 aromatic rings. The minimum atomic E-state index is -0.441. The number of benzene rings is 2. The van der Waals surface area contributed by atoms with Gasteiger partial charge >= 0.3 is 5.63 Å².